The summed E-state index contributed by atoms with van der Waals surface area (Å²) in [4.78, 5) is 12.4. The van der Waals surface area contributed by atoms with Crippen LogP contribution >= 0.6 is 22.9 Å². The van der Waals surface area contributed by atoms with Gasteiger partial charge < -0.3 is 10.6 Å². The van der Waals surface area contributed by atoms with Crippen LogP contribution in [0, 0.1) is 5.82 Å². The first-order valence-corrected chi connectivity index (χ1v) is 7.17. The van der Waals surface area contributed by atoms with Crippen molar-refractivity contribution in [1.82, 2.24) is 15.0 Å². The number of hydrogen-bond donors (Lipinski definition) is 2. The van der Waals surface area contributed by atoms with Gasteiger partial charge in [-0.05, 0) is 18.2 Å². The minimum absolute atomic E-state index is 0.0631. The third-order valence-corrected chi connectivity index (χ3v) is 3.54. The highest BCUT2D eigenvalue weighted by Crippen LogP contribution is 2.26. The second-order valence-corrected chi connectivity index (χ2v) is 5.27. The SMILES string of the molecule is Fc1ccc(Nc2csc(Nc3cnccn3)n2)cc1Cl. The monoisotopic (exact) mass is 321 g/mol. The van der Waals surface area contributed by atoms with Crippen LogP contribution in [-0.2, 0) is 0 Å². The quantitative estimate of drug-likeness (QED) is 0.753. The smallest absolute Gasteiger partial charge is 0.190 e. The Morgan fingerprint density at radius 1 is 1.14 bits per heavy atom. The van der Waals surface area contributed by atoms with Gasteiger partial charge in [0.05, 0.1) is 11.2 Å². The Hall–Kier alpha value is -2.25. The Morgan fingerprint density at radius 3 is 2.81 bits per heavy atom. The molecule has 5 nitrogen and oxygen atoms in total. The molecule has 106 valence electrons. The second kappa shape index (κ2) is 6.02. The molecule has 0 radical (unpaired) electrons. The van der Waals surface area contributed by atoms with Crippen molar-refractivity contribution in [3.05, 3.63) is 53.0 Å². The zero-order valence-electron chi connectivity index (χ0n) is 10.5. The molecule has 0 bridgehead atoms. The molecule has 0 fully saturated rings. The van der Waals surface area contributed by atoms with Gasteiger partial charge in [0.1, 0.15) is 11.6 Å². The number of nitrogens with one attached hydrogen (secondary N) is 2. The van der Waals surface area contributed by atoms with Crippen LogP contribution in [0.5, 0.6) is 0 Å². The summed E-state index contributed by atoms with van der Waals surface area (Å²) in [5.41, 5.74) is 0.665. The summed E-state index contributed by atoms with van der Waals surface area (Å²) in [7, 11) is 0. The predicted molar refractivity (Wildman–Crippen MR) is 82.1 cm³/mol. The number of halogens is 2. The molecule has 3 aromatic rings. The van der Waals surface area contributed by atoms with Crippen molar-refractivity contribution in [3.63, 3.8) is 0 Å². The van der Waals surface area contributed by atoms with Gasteiger partial charge in [0, 0.05) is 23.5 Å². The molecule has 8 heteroatoms. The summed E-state index contributed by atoms with van der Waals surface area (Å²) < 4.78 is 13.1. The zero-order chi connectivity index (χ0) is 14.7. The molecular formula is C13H9ClFN5S. The summed E-state index contributed by atoms with van der Waals surface area (Å²) in [5, 5.41) is 8.65. The molecule has 2 aromatic heterocycles. The summed E-state index contributed by atoms with van der Waals surface area (Å²) in [6.45, 7) is 0. The molecular weight excluding hydrogens is 313 g/mol. The third-order valence-electron chi connectivity index (χ3n) is 2.49. The highest BCUT2D eigenvalue weighted by atomic mass is 35.5. The molecule has 21 heavy (non-hydrogen) atoms. The number of hydrogen-bond acceptors (Lipinski definition) is 6. The van der Waals surface area contributed by atoms with Gasteiger partial charge in [0.2, 0.25) is 0 Å². The Labute approximate surface area is 128 Å². The number of anilines is 4. The molecule has 3 rings (SSSR count). The van der Waals surface area contributed by atoms with Crippen molar-refractivity contribution in [2.24, 2.45) is 0 Å². The van der Waals surface area contributed by atoms with Gasteiger partial charge in [-0.15, -0.1) is 11.3 Å². The molecule has 1 aromatic carbocycles. The lowest BCUT2D eigenvalue weighted by Gasteiger charge is -2.03. The topological polar surface area (TPSA) is 62.7 Å². The first-order valence-electron chi connectivity index (χ1n) is 5.91. The van der Waals surface area contributed by atoms with Gasteiger partial charge in [-0.25, -0.2) is 14.4 Å². The summed E-state index contributed by atoms with van der Waals surface area (Å²) in [6, 6.07) is 4.40. The van der Waals surface area contributed by atoms with E-state index in [2.05, 4.69) is 25.6 Å². The van der Waals surface area contributed by atoms with E-state index in [9.17, 15) is 4.39 Å². The Kier molecular flexibility index (Phi) is 3.94. The maximum Gasteiger partial charge on any atom is 0.190 e. The van der Waals surface area contributed by atoms with Crippen LogP contribution < -0.4 is 10.6 Å². The van der Waals surface area contributed by atoms with Gasteiger partial charge in [0.15, 0.2) is 10.9 Å². The standard InChI is InChI=1S/C13H9ClFN5S/c14-9-5-8(1-2-10(9)15)18-12-7-21-13(20-12)19-11-6-16-3-4-17-11/h1-7,18H,(H,17,19,20). The molecule has 0 aliphatic carbocycles. The number of benzene rings is 1. The molecule has 0 aliphatic heterocycles. The van der Waals surface area contributed by atoms with E-state index >= 15 is 0 Å². The summed E-state index contributed by atoms with van der Waals surface area (Å²) in [6.07, 6.45) is 4.79. The third kappa shape index (κ3) is 3.45. The van der Waals surface area contributed by atoms with Crippen molar-refractivity contribution >= 4 is 45.4 Å². The van der Waals surface area contributed by atoms with Crippen molar-refractivity contribution in [1.29, 1.82) is 0 Å². The molecule has 2 heterocycles. The van der Waals surface area contributed by atoms with Crippen LogP contribution in [-0.4, -0.2) is 15.0 Å². The van der Waals surface area contributed by atoms with Crippen LogP contribution in [0.1, 0.15) is 0 Å². The van der Waals surface area contributed by atoms with E-state index in [-0.39, 0.29) is 5.02 Å². The average molecular weight is 322 g/mol. The van der Waals surface area contributed by atoms with E-state index in [1.165, 1.54) is 23.5 Å². The summed E-state index contributed by atoms with van der Waals surface area (Å²) in [5.74, 6) is 0.794. The Bertz CT molecular complexity index is 749. The van der Waals surface area contributed by atoms with Gasteiger partial charge in [-0.3, -0.25) is 4.98 Å². The van der Waals surface area contributed by atoms with E-state index < -0.39 is 5.82 Å². The first-order chi connectivity index (χ1) is 10.2. The van der Waals surface area contributed by atoms with E-state index in [0.717, 1.165) is 0 Å². The molecule has 2 N–H and O–H groups in total. The fourth-order valence-corrected chi connectivity index (χ4v) is 2.41. The van der Waals surface area contributed by atoms with Gasteiger partial charge >= 0.3 is 0 Å². The summed E-state index contributed by atoms with van der Waals surface area (Å²) >= 11 is 7.14. The fourth-order valence-electron chi connectivity index (χ4n) is 1.58. The van der Waals surface area contributed by atoms with Crippen molar-refractivity contribution < 1.29 is 4.39 Å². The van der Waals surface area contributed by atoms with Crippen LogP contribution in [0.2, 0.25) is 5.02 Å². The number of rotatable bonds is 4. The minimum Gasteiger partial charge on any atom is -0.339 e. The molecule has 0 spiro atoms. The Balaban J connectivity index is 1.71. The Morgan fingerprint density at radius 2 is 2.05 bits per heavy atom. The molecule has 0 saturated heterocycles. The van der Waals surface area contributed by atoms with Gasteiger partial charge in [-0.1, -0.05) is 11.6 Å². The van der Waals surface area contributed by atoms with Crippen LogP contribution in [0.3, 0.4) is 0 Å². The lowest BCUT2D eigenvalue weighted by molar-refractivity contribution is 0.628. The highest BCUT2D eigenvalue weighted by Gasteiger charge is 2.05. The van der Waals surface area contributed by atoms with Gasteiger partial charge in [-0.2, -0.15) is 0 Å². The average Bonchev–Trinajstić information content (AvgIpc) is 2.91. The molecule has 0 aliphatic rings. The maximum absolute atomic E-state index is 13.1. The normalized spacial score (nSPS) is 10.4. The first kappa shape index (κ1) is 13.7. The molecule has 0 amide bonds. The van der Waals surface area contributed by atoms with Crippen molar-refractivity contribution in [3.8, 4) is 0 Å². The highest BCUT2D eigenvalue weighted by molar-refractivity contribution is 7.14. The zero-order valence-corrected chi connectivity index (χ0v) is 12.1. The largest absolute Gasteiger partial charge is 0.339 e. The van der Waals surface area contributed by atoms with Crippen LogP contribution in [0.4, 0.5) is 26.8 Å². The second-order valence-electron chi connectivity index (χ2n) is 4.01. The molecule has 0 saturated carbocycles. The van der Waals surface area contributed by atoms with E-state index in [4.69, 9.17) is 11.6 Å². The number of thiazole rings is 1. The van der Waals surface area contributed by atoms with Crippen molar-refractivity contribution in [2.75, 3.05) is 10.6 Å². The van der Waals surface area contributed by atoms with E-state index in [1.54, 1.807) is 24.7 Å². The van der Waals surface area contributed by atoms with Crippen molar-refractivity contribution in [2.45, 2.75) is 0 Å². The molecule has 0 unspecified atom stereocenters. The van der Waals surface area contributed by atoms with Crippen LogP contribution in [0.25, 0.3) is 0 Å². The lowest BCUT2D eigenvalue weighted by atomic mass is 10.3. The number of aromatic nitrogens is 3. The maximum atomic E-state index is 13.1. The van der Waals surface area contributed by atoms with E-state index in [0.29, 0.717) is 22.5 Å². The minimum atomic E-state index is -0.453. The fraction of sp³-hybridized carbons (Fsp3) is 0. The number of nitrogens with zero attached hydrogens (tertiary/aromatic N) is 3. The van der Waals surface area contributed by atoms with Crippen LogP contribution in [0.15, 0.2) is 42.2 Å². The lowest BCUT2D eigenvalue weighted by Crippen LogP contribution is -1.94. The van der Waals surface area contributed by atoms with Gasteiger partial charge in [0.25, 0.3) is 0 Å². The predicted octanol–water partition coefficient (Wildman–Crippen LogP) is 4.21. The van der Waals surface area contributed by atoms with E-state index in [1.807, 2.05) is 5.38 Å². The molecule has 0 atom stereocenters.